The third-order valence-electron chi connectivity index (χ3n) is 4.21. The quantitative estimate of drug-likeness (QED) is 0.587. The number of likely N-dealkylation sites (tertiary alicyclic amines) is 1. The predicted octanol–water partition coefficient (Wildman–Crippen LogP) is 2.15. The Hall–Kier alpha value is -1.59. The number of hydrogen-bond donors (Lipinski definition) is 0. The molecule has 3 atom stereocenters. The third-order valence-corrected chi connectivity index (χ3v) is 4.21. The molecule has 22 heavy (non-hydrogen) atoms. The maximum absolute atomic E-state index is 12.2. The van der Waals surface area contributed by atoms with Gasteiger partial charge in [0.05, 0.1) is 6.61 Å². The van der Waals surface area contributed by atoms with Gasteiger partial charge in [-0.05, 0) is 46.5 Å². The molecule has 1 unspecified atom stereocenters. The van der Waals surface area contributed by atoms with Crippen molar-refractivity contribution in [3.05, 3.63) is 0 Å². The fraction of sp³-hybridized carbons (Fsp3) is 0.812. The van der Waals surface area contributed by atoms with Gasteiger partial charge in [-0.15, -0.1) is 0 Å². The van der Waals surface area contributed by atoms with E-state index in [1.165, 1.54) is 0 Å². The van der Waals surface area contributed by atoms with Crippen LogP contribution >= 0.6 is 0 Å². The summed E-state index contributed by atoms with van der Waals surface area (Å²) in [7, 11) is 0. The Kier molecular flexibility index (Phi) is 4.78. The fourth-order valence-corrected chi connectivity index (χ4v) is 3.38. The number of ether oxygens (including phenoxy) is 2. The fourth-order valence-electron chi connectivity index (χ4n) is 3.38. The summed E-state index contributed by atoms with van der Waals surface area (Å²) in [6, 6.07) is 0.0518. The summed E-state index contributed by atoms with van der Waals surface area (Å²) < 4.78 is 10.2. The lowest BCUT2D eigenvalue weighted by atomic mass is 9.89. The number of esters is 1. The van der Waals surface area contributed by atoms with Crippen LogP contribution in [0.3, 0.4) is 0 Å². The molecular weight excluding hydrogens is 286 g/mol. The lowest BCUT2D eigenvalue weighted by Gasteiger charge is -2.32. The number of nitrogens with zero attached hydrogens (tertiary/aromatic N) is 1. The number of Topliss-reactive ketones (excluding diaryl/α,β-unsaturated/α-hetero) is 1. The largest absolute Gasteiger partial charge is 0.466 e. The molecule has 6 heteroatoms. The summed E-state index contributed by atoms with van der Waals surface area (Å²) in [6.07, 6.45) is 0.978. The van der Waals surface area contributed by atoms with Crippen LogP contribution in [-0.4, -0.2) is 47.5 Å². The van der Waals surface area contributed by atoms with Crippen molar-refractivity contribution in [1.82, 2.24) is 4.90 Å². The van der Waals surface area contributed by atoms with Gasteiger partial charge in [-0.2, -0.15) is 0 Å². The van der Waals surface area contributed by atoms with Gasteiger partial charge in [-0.3, -0.25) is 9.59 Å². The minimum absolute atomic E-state index is 0.0518. The van der Waals surface area contributed by atoms with Crippen LogP contribution in [0.1, 0.15) is 47.0 Å². The lowest BCUT2D eigenvalue weighted by molar-refractivity contribution is -0.146. The van der Waals surface area contributed by atoms with Crippen LogP contribution in [-0.2, 0) is 19.1 Å². The number of carbonyl (C=O) groups is 3. The topological polar surface area (TPSA) is 72.9 Å². The molecule has 2 fully saturated rings. The average Bonchev–Trinajstić information content (AvgIpc) is 2.96. The van der Waals surface area contributed by atoms with E-state index in [1.807, 2.05) is 20.8 Å². The molecule has 1 aliphatic carbocycles. The summed E-state index contributed by atoms with van der Waals surface area (Å²) in [5, 5.41) is 0. The monoisotopic (exact) mass is 311 g/mol. The Morgan fingerprint density at radius 3 is 2.36 bits per heavy atom. The van der Waals surface area contributed by atoms with E-state index in [0.29, 0.717) is 13.0 Å². The first kappa shape index (κ1) is 16.8. The highest BCUT2D eigenvalue weighted by Gasteiger charge is 2.50. The molecule has 1 saturated carbocycles. The molecular formula is C16H25NO5. The van der Waals surface area contributed by atoms with Crippen LogP contribution in [0, 0.1) is 11.8 Å². The van der Waals surface area contributed by atoms with Crippen LogP contribution in [0.4, 0.5) is 4.79 Å². The van der Waals surface area contributed by atoms with E-state index in [4.69, 9.17) is 9.47 Å². The second kappa shape index (κ2) is 6.26. The molecule has 2 bridgehead atoms. The molecule has 0 N–H and O–H groups in total. The van der Waals surface area contributed by atoms with Crippen LogP contribution in [0.25, 0.3) is 0 Å². The predicted molar refractivity (Wildman–Crippen MR) is 79.2 cm³/mol. The second-order valence-electron chi connectivity index (χ2n) is 7.07. The van der Waals surface area contributed by atoms with Gasteiger partial charge in [0.1, 0.15) is 17.8 Å². The zero-order valence-corrected chi connectivity index (χ0v) is 13.8. The molecule has 124 valence electrons. The molecule has 1 heterocycles. The Morgan fingerprint density at radius 2 is 1.86 bits per heavy atom. The van der Waals surface area contributed by atoms with E-state index in [1.54, 1.807) is 11.8 Å². The van der Waals surface area contributed by atoms with Gasteiger partial charge < -0.3 is 14.4 Å². The van der Waals surface area contributed by atoms with Crippen molar-refractivity contribution in [3.8, 4) is 0 Å². The molecule has 1 aliphatic heterocycles. The van der Waals surface area contributed by atoms with E-state index >= 15 is 0 Å². The zero-order chi connectivity index (χ0) is 16.5. The number of hydrogen-bond acceptors (Lipinski definition) is 5. The lowest BCUT2D eigenvalue weighted by Crippen LogP contribution is -2.44. The first-order valence-corrected chi connectivity index (χ1v) is 7.89. The van der Waals surface area contributed by atoms with E-state index in [2.05, 4.69) is 0 Å². The molecule has 0 radical (unpaired) electrons. The third kappa shape index (κ3) is 3.78. The van der Waals surface area contributed by atoms with Crippen LogP contribution in [0.2, 0.25) is 0 Å². The summed E-state index contributed by atoms with van der Waals surface area (Å²) in [4.78, 5) is 37.5. The highest BCUT2D eigenvalue weighted by atomic mass is 16.6. The first-order chi connectivity index (χ1) is 10.2. The number of piperidine rings is 1. The van der Waals surface area contributed by atoms with E-state index in [-0.39, 0.29) is 42.8 Å². The zero-order valence-electron chi connectivity index (χ0n) is 13.8. The highest BCUT2D eigenvalue weighted by molar-refractivity contribution is 5.97. The number of carbonyl (C=O) groups excluding carboxylic acids is 3. The highest BCUT2D eigenvalue weighted by Crippen LogP contribution is 2.43. The van der Waals surface area contributed by atoms with Crippen molar-refractivity contribution < 1.29 is 23.9 Å². The molecule has 1 saturated heterocycles. The van der Waals surface area contributed by atoms with Gasteiger partial charge in [-0.25, -0.2) is 4.79 Å². The van der Waals surface area contributed by atoms with Crippen molar-refractivity contribution in [2.75, 3.05) is 13.2 Å². The van der Waals surface area contributed by atoms with Gasteiger partial charge in [0.2, 0.25) is 0 Å². The summed E-state index contributed by atoms with van der Waals surface area (Å²) in [5.74, 6) is -0.512. The smallest absolute Gasteiger partial charge is 0.410 e. The van der Waals surface area contributed by atoms with Crippen molar-refractivity contribution in [1.29, 1.82) is 0 Å². The summed E-state index contributed by atoms with van der Waals surface area (Å²) in [5.41, 5.74) is -0.516. The molecule has 2 aliphatic rings. The molecule has 6 nitrogen and oxygen atoms in total. The number of fused-ring (bicyclic) bond motifs is 2. The molecule has 1 amide bonds. The van der Waals surface area contributed by atoms with Crippen LogP contribution < -0.4 is 0 Å². The molecule has 0 spiro atoms. The maximum atomic E-state index is 12.2. The minimum Gasteiger partial charge on any atom is -0.466 e. The van der Waals surface area contributed by atoms with Crippen molar-refractivity contribution in [2.45, 2.75) is 58.6 Å². The maximum Gasteiger partial charge on any atom is 0.410 e. The Bertz CT molecular complexity index is 468. The SMILES string of the molecule is CCOC(=O)CC(=O)[C@@H]1CC2C[C@H]1CN2C(=O)OC(C)(C)C. The summed E-state index contributed by atoms with van der Waals surface area (Å²) >= 11 is 0. The van der Waals surface area contributed by atoms with E-state index in [9.17, 15) is 14.4 Å². The van der Waals surface area contributed by atoms with Crippen molar-refractivity contribution >= 4 is 17.8 Å². The molecule has 2 rings (SSSR count). The molecule has 0 aromatic heterocycles. The van der Waals surface area contributed by atoms with Crippen LogP contribution in [0.15, 0.2) is 0 Å². The second-order valence-corrected chi connectivity index (χ2v) is 7.07. The van der Waals surface area contributed by atoms with Gasteiger partial charge in [0.15, 0.2) is 0 Å². The Morgan fingerprint density at radius 1 is 1.18 bits per heavy atom. The van der Waals surface area contributed by atoms with Crippen LogP contribution in [0.5, 0.6) is 0 Å². The number of ketones is 1. The van der Waals surface area contributed by atoms with Crippen molar-refractivity contribution in [2.24, 2.45) is 11.8 Å². The van der Waals surface area contributed by atoms with Gasteiger partial charge in [0.25, 0.3) is 0 Å². The van der Waals surface area contributed by atoms with E-state index in [0.717, 1.165) is 6.42 Å². The summed E-state index contributed by atoms with van der Waals surface area (Å²) in [6.45, 7) is 8.06. The number of rotatable bonds is 4. The van der Waals surface area contributed by atoms with E-state index < -0.39 is 11.6 Å². The Balaban J connectivity index is 1.88. The molecule has 0 aromatic carbocycles. The van der Waals surface area contributed by atoms with Gasteiger partial charge in [0, 0.05) is 18.5 Å². The number of amides is 1. The standard InChI is InChI=1S/C16H25NO5/c1-5-21-14(19)8-13(18)12-7-11-6-10(12)9-17(11)15(20)22-16(2,3)4/h10-12H,5-9H2,1-4H3/t10-,11?,12+/m0/s1. The minimum atomic E-state index is -0.516. The van der Waals surface area contributed by atoms with Gasteiger partial charge in [-0.1, -0.05) is 0 Å². The first-order valence-electron chi connectivity index (χ1n) is 7.89. The van der Waals surface area contributed by atoms with Gasteiger partial charge >= 0.3 is 12.1 Å². The Labute approximate surface area is 131 Å². The average molecular weight is 311 g/mol. The normalized spacial score (nSPS) is 26.9. The van der Waals surface area contributed by atoms with Crippen molar-refractivity contribution in [3.63, 3.8) is 0 Å². The molecule has 0 aromatic rings.